The van der Waals surface area contributed by atoms with Crippen LogP contribution in [0.15, 0.2) is 12.1 Å². The molecule has 1 saturated heterocycles. The molecule has 2 bridgehead atoms. The number of hydrogen-bond acceptors (Lipinski definition) is 6. The molecule has 0 radical (unpaired) electrons. The first-order valence-electron chi connectivity index (χ1n) is 11.3. The van der Waals surface area contributed by atoms with E-state index in [1.165, 1.54) is 11.1 Å². The molecule has 1 spiro atoms. The average Bonchev–Trinajstić information content (AvgIpc) is 3.06. The summed E-state index contributed by atoms with van der Waals surface area (Å²) in [5.74, 6) is 2.46. The lowest BCUT2D eigenvalue weighted by molar-refractivity contribution is -0.138. The number of nitrogens with zero attached hydrogens (tertiary/aromatic N) is 1. The molecule has 2 fully saturated rings. The molecule has 6 nitrogen and oxygen atoms in total. The maximum absolute atomic E-state index is 12.6. The third-order valence-corrected chi connectivity index (χ3v) is 7.59. The molecule has 1 saturated carbocycles. The van der Waals surface area contributed by atoms with Crippen LogP contribution in [0, 0.1) is 5.92 Å². The summed E-state index contributed by atoms with van der Waals surface area (Å²) in [6.07, 6.45) is 4.31. The van der Waals surface area contributed by atoms with Crippen LogP contribution < -0.4 is 9.47 Å². The fourth-order valence-corrected chi connectivity index (χ4v) is 6.15. The molecule has 6 heteroatoms. The van der Waals surface area contributed by atoms with Gasteiger partial charge in [-0.2, -0.15) is 0 Å². The standard InChI is InChI=1S/C18H21NO3.C6H14O2/c1-19-8-7-18-11-4-5-13(20)17(18)22-16-14(21-2)6-3-10(15(16)18)9-12(11)19;1-5(7)3-4-6(2)8/h3,6,11-12,17H,4-5,7-9H2,1-2H3;5-8H,3-4H2,1-2H3/t11-,12+,17-,18-;/m0./s1. The van der Waals surface area contributed by atoms with Crippen LogP contribution in [-0.4, -0.2) is 66.0 Å². The zero-order chi connectivity index (χ0) is 21.6. The predicted molar refractivity (Wildman–Crippen MR) is 114 cm³/mol. The number of carbonyl (C=O) groups is 1. The summed E-state index contributed by atoms with van der Waals surface area (Å²) in [6.45, 7) is 4.50. The number of benzene rings is 1. The van der Waals surface area contributed by atoms with Gasteiger partial charge in [-0.25, -0.2) is 0 Å². The smallest absolute Gasteiger partial charge is 0.174 e. The quantitative estimate of drug-likeness (QED) is 0.784. The Kier molecular flexibility index (Phi) is 5.86. The molecule has 6 atom stereocenters. The first-order chi connectivity index (χ1) is 14.3. The second-order valence-corrected chi connectivity index (χ2v) is 9.56. The van der Waals surface area contributed by atoms with Crippen molar-refractivity contribution in [2.24, 2.45) is 5.92 Å². The van der Waals surface area contributed by atoms with Gasteiger partial charge in [-0.15, -0.1) is 0 Å². The van der Waals surface area contributed by atoms with E-state index in [0.29, 0.717) is 31.2 Å². The van der Waals surface area contributed by atoms with E-state index in [9.17, 15) is 4.79 Å². The number of Topliss-reactive ketones (excluding diaryl/α,β-unsaturated/α-hetero) is 1. The van der Waals surface area contributed by atoms with E-state index in [1.807, 2.05) is 6.07 Å². The van der Waals surface area contributed by atoms with E-state index in [0.717, 1.165) is 37.3 Å². The Morgan fingerprint density at radius 3 is 2.60 bits per heavy atom. The summed E-state index contributed by atoms with van der Waals surface area (Å²) >= 11 is 0. The van der Waals surface area contributed by atoms with E-state index in [2.05, 4.69) is 18.0 Å². The number of methoxy groups -OCH3 is 1. The van der Waals surface area contributed by atoms with Crippen LogP contribution in [0.25, 0.3) is 0 Å². The Bertz CT molecular complexity index is 799. The van der Waals surface area contributed by atoms with Gasteiger partial charge >= 0.3 is 0 Å². The molecule has 2 unspecified atom stereocenters. The first-order valence-corrected chi connectivity index (χ1v) is 11.3. The lowest BCUT2D eigenvalue weighted by Crippen LogP contribution is -2.65. The van der Waals surface area contributed by atoms with Crippen LogP contribution in [0.1, 0.15) is 57.1 Å². The first kappa shape index (κ1) is 21.6. The highest BCUT2D eigenvalue weighted by atomic mass is 16.5. The summed E-state index contributed by atoms with van der Waals surface area (Å²) < 4.78 is 11.8. The Hall–Kier alpha value is -1.63. The summed E-state index contributed by atoms with van der Waals surface area (Å²) in [5, 5.41) is 17.4. The number of piperidine rings is 1. The largest absolute Gasteiger partial charge is 0.493 e. The van der Waals surface area contributed by atoms with Gasteiger partial charge in [0.2, 0.25) is 0 Å². The second-order valence-electron chi connectivity index (χ2n) is 9.56. The Morgan fingerprint density at radius 2 is 1.97 bits per heavy atom. The van der Waals surface area contributed by atoms with Gasteiger partial charge in [0.05, 0.1) is 19.3 Å². The number of aliphatic hydroxyl groups excluding tert-OH is 2. The molecule has 166 valence electrons. The lowest BCUT2D eigenvalue weighted by Gasteiger charge is -2.57. The molecule has 4 aliphatic rings. The van der Waals surface area contributed by atoms with Crippen molar-refractivity contribution in [3.05, 3.63) is 23.3 Å². The van der Waals surface area contributed by atoms with Gasteiger partial charge in [0.1, 0.15) is 0 Å². The monoisotopic (exact) mass is 417 g/mol. The van der Waals surface area contributed by atoms with Crippen LogP contribution in [0.2, 0.25) is 0 Å². The van der Waals surface area contributed by atoms with Gasteiger partial charge in [-0.05, 0) is 77.1 Å². The number of aliphatic hydroxyl groups is 2. The van der Waals surface area contributed by atoms with Gasteiger partial charge < -0.3 is 24.6 Å². The molecule has 0 amide bonds. The fraction of sp³-hybridized carbons (Fsp3) is 0.708. The molecular formula is C24H35NO5. The molecule has 2 aliphatic carbocycles. The van der Waals surface area contributed by atoms with E-state index in [1.54, 1.807) is 21.0 Å². The van der Waals surface area contributed by atoms with Crippen molar-refractivity contribution in [1.29, 1.82) is 0 Å². The number of likely N-dealkylation sites (N-methyl/N-ethyl adjacent to an activating group) is 1. The van der Waals surface area contributed by atoms with Crippen molar-refractivity contribution in [1.82, 2.24) is 4.90 Å². The third kappa shape index (κ3) is 3.33. The van der Waals surface area contributed by atoms with Crippen molar-refractivity contribution in [2.75, 3.05) is 20.7 Å². The SMILES string of the molecule is CC(O)CCC(C)O.COc1ccc2c3c1O[C@H]1C(=O)CC[C@H]4[C@@H](C2)N(C)CC[C@]314. The summed E-state index contributed by atoms with van der Waals surface area (Å²) in [6, 6.07) is 4.73. The lowest BCUT2D eigenvalue weighted by atomic mass is 9.52. The maximum Gasteiger partial charge on any atom is 0.174 e. The summed E-state index contributed by atoms with van der Waals surface area (Å²) in [7, 11) is 3.91. The third-order valence-electron chi connectivity index (χ3n) is 7.59. The van der Waals surface area contributed by atoms with Crippen LogP contribution >= 0.6 is 0 Å². The Balaban J connectivity index is 0.000000235. The van der Waals surface area contributed by atoms with Gasteiger partial charge in [0.15, 0.2) is 23.4 Å². The van der Waals surface area contributed by atoms with E-state index >= 15 is 0 Å². The minimum Gasteiger partial charge on any atom is -0.493 e. The predicted octanol–water partition coefficient (Wildman–Crippen LogP) is 2.46. The molecule has 1 aromatic carbocycles. The van der Waals surface area contributed by atoms with Crippen molar-refractivity contribution >= 4 is 5.78 Å². The van der Waals surface area contributed by atoms with Crippen molar-refractivity contribution in [3.63, 3.8) is 0 Å². The van der Waals surface area contributed by atoms with Gasteiger partial charge in [-0.3, -0.25) is 4.79 Å². The van der Waals surface area contributed by atoms with Gasteiger partial charge in [-0.1, -0.05) is 6.07 Å². The minimum atomic E-state index is -0.284. The van der Waals surface area contributed by atoms with Crippen LogP contribution in [0.4, 0.5) is 0 Å². The average molecular weight is 418 g/mol. The molecule has 2 N–H and O–H groups in total. The zero-order valence-corrected chi connectivity index (χ0v) is 18.6. The van der Waals surface area contributed by atoms with Crippen molar-refractivity contribution in [3.8, 4) is 11.5 Å². The molecule has 1 aromatic rings. The van der Waals surface area contributed by atoms with Gasteiger partial charge in [0.25, 0.3) is 0 Å². The summed E-state index contributed by atoms with van der Waals surface area (Å²) in [4.78, 5) is 15.1. The van der Waals surface area contributed by atoms with E-state index < -0.39 is 0 Å². The van der Waals surface area contributed by atoms with E-state index in [4.69, 9.17) is 19.7 Å². The highest BCUT2D eigenvalue weighted by molar-refractivity contribution is 5.89. The van der Waals surface area contributed by atoms with Crippen molar-refractivity contribution < 1.29 is 24.5 Å². The zero-order valence-electron chi connectivity index (χ0n) is 18.6. The number of carbonyl (C=O) groups excluding carboxylic acids is 1. The number of rotatable bonds is 4. The fourth-order valence-electron chi connectivity index (χ4n) is 6.15. The number of ketones is 1. The Morgan fingerprint density at radius 1 is 1.27 bits per heavy atom. The minimum absolute atomic E-state index is 0.0933. The molecule has 0 aromatic heterocycles. The van der Waals surface area contributed by atoms with Crippen molar-refractivity contribution in [2.45, 2.75) is 82.1 Å². The summed E-state index contributed by atoms with van der Waals surface area (Å²) in [5.41, 5.74) is 2.57. The number of hydrogen-bond donors (Lipinski definition) is 2. The highest BCUT2D eigenvalue weighted by Gasteiger charge is 2.65. The van der Waals surface area contributed by atoms with Crippen LogP contribution in [0.3, 0.4) is 0 Å². The molecule has 2 aliphatic heterocycles. The van der Waals surface area contributed by atoms with Crippen LogP contribution in [0.5, 0.6) is 11.5 Å². The maximum atomic E-state index is 12.6. The molecular weight excluding hydrogens is 382 g/mol. The molecule has 30 heavy (non-hydrogen) atoms. The van der Waals surface area contributed by atoms with Gasteiger partial charge in [0, 0.05) is 23.4 Å². The second kappa shape index (κ2) is 8.13. The number of ether oxygens (including phenoxy) is 2. The van der Waals surface area contributed by atoms with E-state index in [-0.39, 0.29) is 29.5 Å². The number of likely N-dealkylation sites (tertiary alicyclic amines) is 1. The topological polar surface area (TPSA) is 79.2 Å². The molecule has 5 rings (SSSR count). The van der Waals surface area contributed by atoms with Crippen LogP contribution in [-0.2, 0) is 16.6 Å². The highest BCUT2D eigenvalue weighted by Crippen LogP contribution is 2.63. The normalized spacial score (nSPS) is 33.0. The Labute approximate surface area is 179 Å². The molecule has 2 heterocycles.